The van der Waals surface area contributed by atoms with E-state index in [1.807, 2.05) is 12.3 Å². The number of hydrogen-bond donors (Lipinski definition) is 2. The van der Waals surface area contributed by atoms with E-state index in [1.54, 1.807) is 4.73 Å². The van der Waals surface area contributed by atoms with E-state index in [0.717, 1.165) is 10.9 Å². The predicted molar refractivity (Wildman–Crippen MR) is 77.3 cm³/mol. The third-order valence-corrected chi connectivity index (χ3v) is 2.98. The second kappa shape index (κ2) is 6.08. The molecule has 0 amide bonds. The van der Waals surface area contributed by atoms with Gasteiger partial charge in [0.2, 0.25) is 0 Å². The number of benzene rings is 1. The van der Waals surface area contributed by atoms with Gasteiger partial charge in [-0.25, -0.2) is 0 Å². The summed E-state index contributed by atoms with van der Waals surface area (Å²) in [5, 5.41) is 14.1. The minimum atomic E-state index is -0.510. The highest BCUT2D eigenvalue weighted by Crippen LogP contribution is 2.16. The first-order valence-electron chi connectivity index (χ1n) is 6.68. The Bertz CT molecular complexity index is 534. The van der Waals surface area contributed by atoms with Crippen LogP contribution in [0.15, 0.2) is 30.5 Å². The molecule has 0 aliphatic rings. The quantitative estimate of drug-likeness (QED) is 0.833. The van der Waals surface area contributed by atoms with E-state index < -0.39 is 6.10 Å². The number of hydrogen-bond acceptors (Lipinski definition) is 3. The van der Waals surface area contributed by atoms with Crippen molar-refractivity contribution >= 4 is 10.9 Å². The van der Waals surface area contributed by atoms with Gasteiger partial charge in [-0.05, 0) is 24.6 Å². The molecular formula is C15H22N2O2. The molecule has 0 radical (unpaired) electrons. The van der Waals surface area contributed by atoms with E-state index in [9.17, 15) is 5.11 Å². The summed E-state index contributed by atoms with van der Waals surface area (Å²) in [7, 11) is 0. The lowest BCUT2D eigenvalue weighted by atomic mass is 10.2. The van der Waals surface area contributed by atoms with Gasteiger partial charge in [0.05, 0.1) is 5.52 Å². The topological polar surface area (TPSA) is 46.4 Å². The molecule has 1 atom stereocenters. The van der Waals surface area contributed by atoms with Crippen molar-refractivity contribution in [2.75, 3.05) is 13.2 Å². The Balaban J connectivity index is 1.96. The number of aliphatic hydroxyl groups excluding tert-OH is 1. The molecule has 104 valence electrons. The molecule has 0 spiro atoms. The van der Waals surface area contributed by atoms with Gasteiger partial charge in [-0.3, -0.25) is 0 Å². The SMILES string of the molecule is Cc1ccc2ccn(OCC(O)CNC(C)C)c2c1. The third kappa shape index (κ3) is 3.72. The van der Waals surface area contributed by atoms with Crippen molar-refractivity contribution in [3.8, 4) is 0 Å². The van der Waals surface area contributed by atoms with Gasteiger partial charge in [-0.2, -0.15) is 4.73 Å². The van der Waals surface area contributed by atoms with Crippen molar-refractivity contribution < 1.29 is 9.94 Å². The normalized spacial score (nSPS) is 13.1. The van der Waals surface area contributed by atoms with E-state index in [0.29, 0.717) is 12.6 Å². The highest BCUT2D eigenvalue weighted by Gasteiger charge is 2.07. The summed E-state index contributed by atoms with van der Waals surface area (Å²) in [5.74, 6) is 0. The smallest absolute Gasteiger partial charge is 0.142 e. The minimum Gasteiger partial charge on any atom is -0.411 e. The zero-order valence-electron chi connectivity index (χ0n) is 11.8. The van der Waals surface area contributed by atoms with Gasteiger partial charge in [-0.1, -0.05) is 26.0 Å². The lowest BCUT2D eigenvalue weighted by molar-refractivity contribution is 0.0313. The maximum absolute atomic E-state index is 9.82. The number of aryl methyl sites for hydroxylation is 1. The lowest BCUT2D eigenvalue weighted by Crippen LogP contribution is -2.36. The molecule has 2 N–H and O–H groups in total. The molecule has 19 heavy (non-hydrogen) atoms. The number of rotatable bonds is 6. The highest BCUT2D eigenvalue weighted by atomic mass is 16.7. The van der Waals surface area contributed by atoms with Gasteiger partial charge in [-0.15, -0.1) is 0 Å². The van der Waals surface area contributed by atoms with E-state index in [-0.39, 0.29) is 6.61 Å². The molecule has 0 bridgehead atoms. The summed E-state index contributed by atoms with van der Waals surface area (Å²) >= 11 is 0. The maximum Gasteiger partial charge on any atom is 0.142 e. The molecule has 4 heteroatoms. The molecule has 2 rings (SSSR count). The van der Waals surface area contributed by atoms with E-state index in [2.05, 4.69) is 44.3 Å². The van der Waals surface area contributed by atoms with Crippen LogP contribution in [0.5, 0.6) is 0 Å². The third-order valence-electron chi connectivity index (χ3n) is 2.98. The average molecular weight is 262 g/mol. The first kappa shape index (κ1) is 13.9. The zero-order valence-corrected chi connectivity index (χ0v) is 11.8. The molecule has 0 saturated carbocycles. The van der Waals surface area contributed by atoms with Crippen molar-refractivity contribution in [2.45, 2.75) is 32.9 Å². The standard InChI is InChI=1S/C15H22N2O2/c1-11(2)16-9-14(18)10-19-17-7-6-13-5-4-12(3)8-15(13)17/h4-8,11,14,16,18H,9-10H2,1-3H3. The van der Waals surface area contributed by atoms with Gasteiger partial charge in [0, 0.05) is 24.2 Å². The molecule has 0 aliphatic carbocycles. The van der Waals surface area contributed by atoms with Crippen molar-refractivity contribution in [1.29, 1.82) is 0 Å². The number of nitrogens with one attached hydrogen (secondary N) is 1. The Morgan fingerprint density at radius 2 is 2.11 bits per heavy atom. The highest BCUT2D eigenvalue weighted by molar-refractivity contribution is 5.80. The summed E-state index contributed by atoms with van der Waals surface area (Å²) < 4.78 is 1.72. The largest absolute Gasteiger partial charge is 0.411 e. The number of aromatic nitrogens is 1. The van der Waals surface area contributed by atoms with Crippen LogP contribution in [0, 0.1) is 6.92 Å². The van der Waals surface area contributed by atoms with Gasteiger partial charge >= 0.3 is 0 Å². The van der Waals surface area contributed by atoms with Gasteiger partial charge in [0.25, 0.3) is 0 Å². The molecule has 1 aromatic carbocycles. The zero-order chi connectivity index (χ0) is 13.8. The van der Waals surface area contributed by atoms with Crippen molar-refractivity contribution in [2.24, 2.45) is 0 Å². The lowest BCUT2D eigenvalue weighted by Gasteiger charge is -2.15. The Morgan fingerprint density at radius 3 is 2.84 bits per heavy atom. The Hall–Kier alpha value is -1.52. The Labute approximate surface area is 113 Å². The molecule has 1 aromatic heterocycles. The molecule has 1 unspecified atom stereocenters. The second-order valence-electron chi connectivity index (χ2n) is 5.22. The fraction of sp³-hybridized carbons (Fsp3) is 0.467. The first-order valence-corrected chi connectivity index (χ1v) is 6.68. The maximum atomic E-state index is 9.82. The Morgan fingerprint density at radius 1 is 1.32 bits per heavy atom. The van der Waals surface area contributed by atoms with E-state index in [4.69, 9.17) is 4.84 Å². The number of aliphatic hydroxyl groups is 1. The van der Waals surface area contributed by atoms with Crippen LogP contribution < -0.4 is 10.2 Å². The number of fused-ring (bicyclic) bond motifs is 1. The molecule has 4 nitrogen and oxygen atoms in total. The summed E-state index contributed by atoms with van der Waals surface area (Å²) in [6.07, 6.45) is 1.37. The predicted octanol–water partition coefficient (Wildman–Crippen LogP) is 1.74. The minimum absolute atomic E-state index is 0.275. The first-order chi connectivity index (χ1) is 9.06. The van der Waals surface area contributed by atoms with Gasteiger partial charge < -0.3 is 15.3 Å². The summed E-state index contributed by atoms with van der Waals surface area (Å²) in [6, 6.07) is 8.60. The summed E-state index contributed by atoms with van der Waals surface area (Å²) in [6.45, 7) is 6.97. The Kier molecular flexibility index (Phi) is 4.45. The number of nitrogens with zero attached hydrogens (tertiary/aromatic N) is 1. The van der Waals surface area contributed by atoms with Crippen LogP contribution in [0.3, 0.4) is 0 Å². The van der Waals surface area contributed by atoms with Crippen LogP contribution in [0.25, 0.3) is 10.9 Å². The van der Waals surface area contributed by atoms with Crippen LogP contribution in [-0.4, -0.2) is 35.1 Å². The van der Waals surface area contributed by atoms with Crippen LogP contribution in [0.1, 0.15) is 19.4 Å². The fourth-order valence-electron chi connectivity index (χ4n) is 1.92. The van der Waals surface area contributed by atoms with Crippen LogP contribution in [0.4, 0.5) is 0 Å². The van der Waals surface area contributed by atoms with Crippen LogP contribution >= 0.6 is 0 Å². The van der Waals surface area contributed by atoms with Crippen LogP contribution in [0.2, 0.25) is 0 Å². The van der Waals surface area contributed by atoms with Crippen LogP contribution in [-0.2, 0) is 0 Å². The molecule has 1 heterocycles. The fourth-order valence-corrected chi connectivity index (χ4v) is 1.92. The monoisotopic (exact) mass is 262 g/mol. The van der Waals surface area contributed by atoms with Crippen molar-refractivity contribution in [3.05, 3.63) is 36.0 Å². The molecule has 0 aliphatic heterocycles. The average Bonchev–Trinajstić information content (AvgIpc) is 2.76. The molecule has 0 saturated heterocycles. The summed E-state index contributed by atoms with van der Waals surface area (Å²) in [4.78, 5) is 5.64. The second-order valence-corrected chi connectivity index (χ2v) is 5.22. The molecular weight excluding hydrogens is 240 g/mol. The van der Waals surface area contributed by atoms with E-state index >= 15 is 0 Å². The van der Waals surface area contributed by atoms with Gasteiger partial charge in [0.15, 0.2) is 0 Å². The van der Waals surface area contributed by atoms with Gasteiger partial charge in [0.1, 0.15) is 12.7 Å². The van der Waals surface area contributed by atoms with Crippen molar-refractivity contribution in [1.82, 2.24) is 10.0 Å². The summed E-state index contributed by atoms with van der Waals surface area (Å²) in [5.41, 5.74) is 2.22. The molecule has 0 fully saturated rings. The van der Waals surface area contributed by atoms with Crippen molar-refractivity contribution in [3.63, 3.8) is 0 Å². The molecule has 2 aromatic rings. The van der Waals surface area contributed by atoms with E-state index in [1.165, 1.54) is 5.56 Å².